The summed E-state index contributed by atoms with van der Waals surface area (Å²) in [5, 5.41) is 8.06. The summed E-state index contributed by atoms with van der Waals surface area (Å²) in [6.07, 6.45) is 5.05. The van der Waals surface area contributed by atoms with Crippen LogP contribution in [0.4, 0.5) is 0 Å². The van der Waals surface area contributed by atoms with E-state index in [1.807, 2.05) is 23.0 Å². The molecule has 14 heavy (non-hydrogen) atoms. The molecule has 1 aliphatic heterocycles. The normalized spacial score (nSPS) is 12.0. The van der Waals surface area contributed by atoms with Crippen LogP contribution in [0.2, 0.25) is 0 Å². The van der Waals surface area contributed by atoms with Crippen LogP contribution in [0.5, 0.6) is 0 Å². The second-order valence-corrected chi connectivity index (χ2v) is 2.91. The van der Waals surface area contributed by atoms with Crippen LogP contribution in [0.15, 0.2) is 24.3 Å². The van der Waals surface area contributed by atoms with Crippen LogP contribution in [0.3, 0.4) is 0 Å². The summed E-state index contributed by atoms with van der Waals surface area (Å²) >= 11 is 0. The Kier molecular flexibility index (Phi) is 3.13. The molecule has 1 aliphatic rings. The number of rotatable bonds is 0. The molecule has 0 spiro atoms. The van der Waals surface area contributed by atoms with Crippen LogP contribution in [0, 0.1) is 0 Å². The molecule has 0 atom stereocenters. The second kappa shape index (κ2) is 3.98. The lowest BCUT2D eigenvalue weighted by Gasteiger charge is -2.05. The van der Waals surface area contributed by atoms with Gasteiger partial charge in [0, 0.05) is 6.20 Å². The number of benzene rings is 1. The molecule has 0 radical (unpaired) electrons. The Morgan fingerprint density at radius 2 is 2.07 bits per heavy atom. The average Bonchev–Trinajstić information content (AvgIpc) is 2.52. The summed E-state index contributed by atoms with van der Waals surface area (Å²) in [7, 11) is 0. The van der Waals surface area contributed by atoms with Crippen molar-refractivity contribution in [1.82, 2.24) is 15.0 Å². The molecule has 1 aromatic carbocycles. The van der Waals surface area contributed by atoms with Gasteiger partial charge in [-0.1, -0.05) is 23.4 Å². The lowest BCUT2D eigenvalue weighted by molar-refractivity contribution is 0.851. The number of para-hydroxylation sites is 1. The largest absolute Gasteiger partial charge is 0.220 e. The average molecular weight is 230 g/mol. The molecule has 0 aliphatic carbocycles. The van der Waals surface area contributed by atoms with Crippen molar-refractivity contribution in [2.24, 2.45) is 0 Å². The van der Waals surface area contributed by atoms with E-state index in [0.29, 0.717) is 0 Å². The Labute approximate surface area is 93.6 Å². The standard InChI is InChI=1S/C9H7N3.2ClH/c1-3-7-4-2-6-12-9(7)8(5-1)10-11-12;;/h1-3,5-6H,4H2;2*1H. The zero-order valence-electron chi connectivity index (χ0n) is 7.25. The van der Waals surface area contributed by atoms with Crippen molar-refractivity contribution in [1.29, 1.82) is 0 Å². The first kappa shape index (κ1) is 11.0. The van der Waals surface area contributed by atoms with Gasteiger partial charge in [-0.2, -0.15) is 0 Å². The van der Waals surface area contributed by atoms with Gasteiger partial charge in [-0.05, 0) is 18.1 Å². The van der Waals surface area contributed by atoms with Crippen molar-refractivity contribution in [2.45, 2.75) is 6.42 Å². The Hall–Kier alpha value is -1.06. The van der Waals surface area contributed by atoms with Crippen molar-refractivity contribution < 1.29 is 0 Å². The second-order valence-electron chi connectivity index (χ2n) is 2.91. The quantitative estimate of drug-likeness (QED) is 0.695. The molecule has 74 valence electrons. The first-order chi connectivity index (χ1) is 5.95. The summed E-state index contributed by atoms with van der Waals surface area (Å²) in [4.78, 5) is 0. The van der Waals surface area contributed by atoms with E-state index in [9.17, 15) is 0 Å². The third-order valence-electron chi connectivity index (χ3n) is 2.16. The van der Waals surface area contributed by atoms with Gasteiger partial charge >= 0.3 is 0 Å². The van der Waals surface area contributed by atoms with Crippen molar-refractivity contribution in [3.63, 3.8) is 0 Å². The lowest BCUT2D eigenvalue weighted by atomic mass is 10.1. The van der Waals surface area contributed by atoms with Gasteiger partial charge in [0.05, 0.1) is 5.52 Å². The highest BCUT2D eigenvalue weighted by Crippen LogP contribution is 2.20. The van der Waals surface area contributed by atoms with Crippen molar-refractivity contribution in [3.05, 3.63) is 29.8 Å². The van der Waals surface area contributed by atoms with Crippen LogP contribution >= 0.6 is 24.8 Å². The van der Waals surface area contributed by atoms with Crippen molar-refractivity contribution in [2.75, 3.05) is 0 Å². The van der Waals surface area contributed by atoms with Crippen LogP contribution < -0.4 is 0 Å². The predicted molar refractivity (Wildman–Crippen MR) is 61.1 cm³/mol. The first-order valence-corrected chi connectivity index (χ1v) is 3.94. The Balaban J connectivity index is 0.000000490. The highest BCUT2D eigenvalue weighted by atomic mass is 35.5. The molecular formula is C9H9Cl2N3. The molecule has 2 aromatic rings. The fourth-order valence-corrected chi connectivity index (χ4v) is 1.61. The maximum atomic E-state index is 4.05. The minimum Gasteiger partial charge on any atom is -0.220 e. The fourth-order valence-electron chi connectivity index (χ4n) is 1.61. The van der Waals surface area contributed by atoms with Gasteiger partial charge in [0.15, 0.2) is 0 Å². The molecule has 0 amide bonds. The number of hydrogen-bond acceptors (Lipinski definition) is 2. The van der Waals surface area contributed by atoms with Gasteiger partial charge in [-0.15, -0.1) is 29.9 Å². The minimum absolute atomic E-state index is 0. The number of nitrogens with zero attached hydrogens (tertiary/aromatic N) is 3. The molecule has 0 unspecified atom stereocenters. The SMILES string of the molecule is C1=Cn2nnc3cccc(c32)C1.Cl.Cl. The molecular weight excluding hydrogens is 221 g/mol. The fraction of sp³-hybridized carbons (Fsp3) is 0.111. The summed E-state index contributed by atoms with van der Waals surface area (Å²) in [6.45, 7) is 0. The van der Waals surface area contributed by atoms with Gasteiger partial charge in [0.1, 0.15) is 5.52 Å². The van der Waals surface area contributed by atoms with E-state index < -0.39 is 0 Å². The molecule has 0 fully saturated rings. The summed E-state index contributed by atoms with van der Waals surface area (Å²) < 4.78 is 1.83. The number of halogens is 2. The maximum absolute atomic E-state index is 4.05. The summed E-state index contributed by atoms with van der Waals surface area (Å²) in [5.41, 5.74) is 3.44. The summed E-state index contributed by atoms with van der Waals surface area (Å²) in [5.74, 6) is 0. The number of allylic oxidation sites excluding steroid dienone is 1. The van der Waals surface area contributed by atoms with E-state index in [1.165, 1.54) is 5.56 Å². The third-order valence-corrected chi connectivity index (χ3v) is 2.16. The van der Waals surface area contributed by atoms with Crippen LogP contribution in [-0.2, 0) is 6.42 Å². The molecule has 1 aromatic heterocycles. The number of aromatic nitrogens is 3. The van der Waals surface area contributed by atoms with Crippen LogP contribution in [-0.4, -0.2) is 15.0 Å². The molecule has 0 bridgehead atoms. The van der Waals surface area contributed by atoms with E-state index in [1.54, 1.807) is 0 Å². The molecule has 0 saturated heterocycles. The van der Waals surface area contributed by atoms with E-state index in [0.717, 1.165) is 17.5 Å². The lowest BCUT2D eigenvalue weighted by Crippen LogP contribution is -1.97. The van der Waals surface area contributed by atoms with Gasteiger partial charge in [0.25, 0.3) is 0 Å². The van der Waals surface area contributed by atoms with Gasteiger partial charge < -0.3 is 0 Å². The van der Waals surface area contributed by atoms with Crippen LogP contribution in [0.1, 0.15) is 5.56 Å². The van der Waals surface area contributed by atoms with Gasteiger partial charge in [-0.3, -0.25) is 0 Å². The smallest absolute Gasteiger partial charge is 0.113 e. The predicted octanol–water partition coefficient (Wildman–Crippen LogP) is 2.30. The minimum atomic E-state index is 0. The Morgan fingerprint density at radius 1 is 1.21 bits per heavy atom. The van der Waals surface area contributed by atoms with Crippen molar-refractivity contribution in [3.8, 4) is 0 Å². The molecule has 0 saturated carbocycles. The molecule has 3 rings (SSSR count). The topological polar surface area (TPSA) is 30.7 Å². The maximum Gasteiger partial charge on any atom is 0.113 e. The van der Waals surface area contributed by atoms with E-state index in [2.05, 4.69) is 22.5 Å². The zero-order valence-corrected chi connectivity index (χ0v) is 8.88. The Bertz CT molecular complexity index is 476. The highest BCUT2D eigenvalue weighted by Gasteiger charge is 2.09. The monoisotopic (exact) mass is 229 g/mol. The zero-order chi connectivity index (χ0) is 7.97. The summed E-state index contributed by atoms with van der Waals surface area (Å²) in [6, 6.07) is 6.13. The van der Waals surface area contributed by atoms with E-state index in [4.69, 9.17) is 0 Å². The Morgan fingerprint density at radius 3 is 2.93 bits per heavy atom. The molecule has 0 N–H and O–H groups in total. The van der Waals surface area contributed by atoms with Crippen molar-refractivity contribution >= 4 is 42.0 Å². The number of hydrogen-bond donors (Lipinski definition) is 0. The van der Waals surface area contributed by atoms with E-state index in [-0.39, 0.29) is 24.8 Å². The van der Waals surface area contributed by atoms with Gasteiger partial charge in [-0.25, -0.2) is 4.68 Å². The molecule has 3 nitrogen and oxygen atoms in total. The highest BCUT2D eigenvalue weighted by molar-refractivity contribution is 5.85. The van der Waals surface area contributed by atoms with E-state index >= 15 is 0 Å². The van der Waals surface area contributed by atoms with Gasteiger partial charge in [0.2, 0.25) is 0 Å². The van der Waals surface area contributed by atoms with Crippen LogP contribution in [0.25, 0.3) is 17.2 Å². The first-order valence-electron chi connectivity index (χ1n) is 3.94. The molecule has 5 heteroatoms. The molecule has 2 heterocycles. The third kappa shape index (κ3) is 1.38.